The van der Waals surface area contributed by atoms with E-state index < -0.39 is 0 Å². The topological polar surface area (TPSA) is 111 Å². The number of aryl methyl sites for hydroxylation is 2. The monoisotopic (exact) mass is 440 g/mol. The van der Waals surface area contributed by atoms with Gasteiger partial charge in [-0.1, -0.05) is 6.92 Å². The van der Waals surface area contributed by atoms with Gasteiger partial charge >= 0.3 is 0 Å². The fourth-order valence-electron chi connectivity index (χ4n) is 3.60. The zero-order valence-electron chi connectivity index (χ0n) is 19.2. The molecule has 9 heteroatoms. The Morgan fingerprint density at radius 3 is 2.38 bits per heavy atom. The van der Waals surface area contributed by atoms with Crippen LogP contribution in [0.25, 0.3) is 0 Å². The second-order valence-electron chi connectivity index (χ2n) is 8.28. The lowest BCUT2D eigenvalue weighted by Gasteiger charge is -2.34. The number of nitrogens with one attached hydrogen (secondary N) is 2. The summed E-state index contributed by atoms with van der Waals surface area (Å²) < 4.78 is 0. The Labute approximate surface area is 188 Å². The van der Waals surface area contributed by atoms with Crippen LogP contribution in [0.1, 0.15) is 42.0 Å². The third-order valence-electron chi connectivity index (χ3n) is 5.51. The summed E-state index contributed by atoms with van der Waals surface area (Å²) in [5, 5.41) is 16.4. The van der Waals surface area contributed by atoms with Crippen LogP contribution in [0.3, 0.4) is 0 Å². The average molecular weight is 441 g/mol. The van der Waals surface area contributed by atoms with Crippen molar-refractivity contribution in [1.29, 1.82) is 0 Å². The minimum absolute atomic E-state index is 0.00384. The number of carbonyl (C=O) groups is 2. The van der Waals surface area contributed by atoms with Gasteiger partial charge in [0.25, 0.3) is 5.91 Å². The molecular weight excluding hydrogens is 408 g/mol. The highest BCUT2D eigenvalue weighted by molar-refractivity contribution is 5.98. The van der Waals surface area contributed by atoms with Crippen LogP contribution in [0.15, 0.2) is 24.3 Å². The summed E-state index contributed by atoms with van der Waals surface area (Å²) in [6, 6.07) is 6.83. The number of rotatable bonds is 7. The molecule has 2 amide bonds. The Balaban J connectivity index is 1.61. The maximum absolute atomic E-state index is 13.1. The van der Waals surface area contributed by atoms with Gasteiger partial charge in [0.15, 0.2) is 0 Å². The van der Waals surface area contributed by atoms with Gasteiger partial charge in [-0.2, -0.15) is 0 Å². The van der Waals surface area contributed by atoms with E-state index in [4.69, 9.17) is 0 Å². The number of phenolic OH excluding ortho intramolecular Hbond substituents is 1. The molecule has 0 aliphatic carbocycles. The Bertz CT molecular complexity index is 952. The van der Waals surface area contributed by atoms with E-state index in [9.17, 15) is 14.7 Å². The van der Waals surface area contributed by atoms with Gasteiger partial charge in [-0.3, -0.25) is 14.5 Å². The Morgan fingerprint density at radius 1 is 1.09 bits per heavy atom. The molecule has 0 spiro atoms. The van der Waals surface area contributed by atoms with Crippen molar-refractivity contribution in [1.82, 2.24) is 25.1 Å². The minimum atomic E-state index is -0.240. The summed E-state index contributed by atoms with van der Waals surface area (Å²) in [7, 11) is 0. The van der Waals surface area contributed by atoms with Crippen molar-refractivity contribution in [2.24, 2.45) is 0 Å². The molecule has 0 saturated carbocycles. The molecule has 2 heterocycles. The quantitative estimate of drug-likeness (QED) is 0.566. The van der Waals surface area contributed by atoms with Gasteiger partial charge in [-0.05, 0) is 51.5 Å². The second kappa shape index (κ2) is 10.4. The number of hydrogen-bond donors (Lipinski definition) is 3. The van der Waals surface area contributed by atoms with E-state index >= 15 is 0 Å². The number of piperazine rings is 1. The predicted molar refractivity (Wildman–Crippen MR) is 123 cm³/mol. The number of amides is 2. The molecule has 1 saturated heterocycles. The van der Waals surface area contributed by atoms with E-state index in [1.165, 1.54) is 6.07 Å². The standard InChI is InChI=1S/C23H32N6O3/c1-5-15(2)24-21(31)14-28-8-10-29(11-9-28)22(32)19-13-18(6-7-20(19)30)27-23-25-16(3)12-17(4)26-23/h6-7,12-13,15,30H,5,8-11,14H2,1-4H3,(H,24,31)(H,25,26,27). The number of benzene rings is 1. The molecule has 9 nitrogen and oxygen atoms in total. The zero-order valence-corrected chi connectivity index (χ0v) is 19.2. The molecule has 1 aliphatic rings. The van der Waals surface area contributed by atoms with Crippen LogP contribution in [0.5, 0.6) is 5.75 Å². The van der Waals surface area contributed by atoms with E-state index in [2.05, 4.69) is 20.6 Å². The van der Waals surface area contributed by atoms with Gasteiger partial charge in [0.05, 0.1) is 12.1 Å². The predicted octanol–water partition coefficient (Wildman–Crippen LogP) is 2.22. The molecule has 3 rings (SSSR count). The van der Waals surface area contributed by atoms with Crippen molar-refractivity contribution in [2.75, 3.05) is 38.0 Å². The minimum Gasteiger partial charge on any atom is -0.507 e. The van der Waals surface area contributed by atoms with Crippen LogP contribution in [-0.4, -0.2) is 75.5 Å². The summed E-state index contributed by atoms with van der Waals surface area (Å²) in [5.41, 5.74) is 2.52. The molecule has 0 radical (unpaired) electrons. The molecular formula is C23H32N6O3. The average Bonchev–Trinajstić information content (AvgIpc) is 2.74. The van der Waals surface area contributed by atoms with E-state index in [1.807, 2.05) is 38.7 Å². The normalized spacial score (nSPS) is 15.3. The molecule has 32 heavy (non-hydrogen) atoms. The third-order valence-corrected chi connectivity index (χ3v) is 5.51. The van der Waals surface area contributed by atoms with Gasteiger partial charge in [0.1, 0.15) is 5.75 Å². The van der Waals surface area contributed by atoms with E-state index in [-0.39, 0.29) is 29.2 Å². The first-order chi connectivity index (χ1) is 15.2. The number of hydrogen-bond acceptors (Lipinski definition) is 7. The molecule has 0 bridgehead atoms. The number of anilines is 2. The number of carbonyl (C=O) groups excluding carboxylic acids is 2. The lowest BCUT2D eigenvalue weighted by molar-refractivity contribution is -0.123. The number of aromatic nitrogens is 2. The molecule has 1 aromatic carbocycles. The maximum atomic E-state index is 13.1. The lowest BCUT2D eigenvalue weighted by Crippen LogP contribution is -2.51. The largest absolute Gasteiger partial charge is 0.507 e. The van der Waals surface area contributed by atoms with Gasteiger partial charge in [0, 0.05) is 49.3 Å². The molecule has 1 aromatic heterocycles. The molecule has 172 valence electrons. The van der Waals surface area contributed by atoms with Crippen LogP contribution < -0.4 is 10.6 Å². The van der Waals surface area contributed by atoms with Crippen LogP contribution in [0, 0.1) is 13.8 Å². The summed E-state index contributed by atoms with van der Waals surface area (Å²) in [6.45, 7) is 10.3. The first-order valence-electron chi connectivity index (χ1n) is 11.0. The van der Waals surface area contributed by atoms with Crippen molar-refractivity contribution in [2.45, 2.75) is 40.2 Å². The smallest absolute Gasteiger partial charge is 0.257 e. The van der Waals surface area contributed by atoms with E-state index in [1.54, 1.807) is 17.0 Å². The zero-order chi connectivity index (χ0) is 23.3. The van der Waals surface area contributed by atoms with Crippen molar-refractivity contribution in [3.63, 3.8) is 0 Å². The van der Waals surface area contributed by atoms with Gasteiger partial charge < -0.3 is 20.6 Å². The Hall–Kier alpha value is -3.20. The molecule has 1 atom stereocenters. The molecule has 1 unspecified atom stereocenters. The summed E-state index contributed by atoms with van der Waals surface area (Å²) >= 11 is 0. The number of nitrogens with zero attached hydrogens (tertiary/aromatic N) is 4. The van der Waals surface area contributed by atoms with E-state index in [0.29, 0.717) is 44.4 Å². The fourth-order valence-corrected chi connectivity index (χ4v) is 3.60. The Kier molecular flexibility index (Phi) is 7.63. The van der Waals surface area contributed by atoms with Crippen LogP contribution >= 0.6 is 0 Å². The van der Waals surface area contributed by atoms with Crippen molar-refractivity contribution >= 4 is 23.5 Å². The first kappa shape index (κ1) is 23.5. The fraction of sp³-hybridized carbons (Fsp3) is 0.478. The number of aromatic hydroxyl groups is 1. The van der Waals surface area contributed by atoms with Gasteiger partial charge in [-0.25, -0.2) is 9.97 Å². The van der Waals surface area contributed by atoms with Gasteiger partial charge in [0.2, 0.25) is 11.9 Å². The molecule has 1 fully saturated rings. The van der Waals surface area contributed by atoms with Crippen LogP contribution in [-0.2, 0) is 4.79 Å². The van der Waals surface area contributed by atoms with Crippen LogP contribution in [0.2, 0.25) is 0 Å². The lowest BCUT2D eigenvalue weighted by atomic mass is 10.1. The van der Waals surface area contributed by atoms with E-state index in [0.717, 1.165) is 17.8 Å². The number of phenols is 1. The first-order valence-corrected chi connectivity index (χ1v) is 11.0. The highest BCUT2D eigenvalue weighted by Crippen LogP contribution is 2.25. The van der Waals surface area contributed by atoms with Crippen molar-refractivity contribution in [3.8, 4) is 5.75 Å². The summed E-state index contributed by atoms with van der Waals surface area (Å²) in [5.74, 6) is 0.133. The Morgan fingerprint density at radius 2 is 1.75 bits per heavy atom. The van der Waals surface area contributed by atoms with Crippen LogP contribution in [0.4, 0.5) is 11.6 Å². The summed E-state index contributed by atoms with van der Waals surface area (Å²) in [6.07, 6.45) is 0.890. The highest BCUT2D eigenvalue weighted by Gasteiger charge is 2.25. The molecule has 3 N–H and O–H groups in total. The SMILES string of the molecule is CCC(C)NC(=O)CN1CCN(C(=O)c2cc(Nc3nc(C)cc(C)n3)ccc2O)CC1. The second-order valence-corrected chi connectivity index (χ2v) is 8.28. The maximum Gasteiger partial charge on any atom is 0.257 e. The van der Waals surface area contributed by atoms with Crippen molar-refractivity contribution < 1.29 is 14.7 Å². The van der Waals surface area contributed by atoms with Gasteiger partial charge in [-0.15, -0.1) is 0 Å². The molecule has 2 aromatic rings. The third kappa shape index (κ3) is 6.16. The van der Waals surface area contributed by atoms with Crippen molar-refractivity contribution in [3.05, 3.63) is 41.2 Å². The highest BCUT2D eigenvalue weighted by atomic mass is 16.3. The summed E-state index contributed by atoms with van der Waals surface area (Å²) in [4.78, 5) is 37.6. The molecule has 1 aliphatic heterocycles.